The van der Waals surface area contributed by atoms with Crippen molar-refractivity contribution in [2.24, 2.45) is 11.8 Å². The van der Waals surface area contributed by atoms with Gasteiger partial charge in [0.25, 0.3) is 0 Å². The Hall–Kier alpha value is -0.260. The predicted octanol–water partition coefficient (Wildman–Crippen LogP) is 3.63. The van der Waals surface area contributed by atoms with Crippen LogP contribution in [-0.2, 0) is 0 Å². The van der Waals surface area contributed by atoms with Crippen LogP contribution in [-0.4, -0.2) is 0 Å². The van der Waals surface area contributed by atoms with Crippen LogP contribution in [0.5, 0.6) is 0 Å². The molecule has 0 aliphatic heterocycles. The van der Waals surface area contributed by atoms with Crippen molar-refractivity contribution in [3.8, 4) is 0 Å². The monoisotopic (exact) mass is 140 g/mol. The topological polar surface area (TPSA) is 0 Å². The van der Waals surface area contributed by atoms with E-state index in [0.717, 1.165) is 11.8 Å². The van der Waals surface area contributed by atoms with E-state index in [1.807, 2.05) is 0 Å². The Kier molecular flexibility index (Phi) is 4.42. The molecule has 10 heavy (non-hydrogen) atoms. The number of hydrogen-bond acceptors (Lipinski definition) is 0. The normalized spacial score (nSPS) is 16.0. The van der Waals surface area contributed by atoms with E-state index in [1.54, 1.807) is 0 Å². The Morgan fingerprint density at radius 2 is 1.90 bits per heavy atom. The zero-order chi connectivity index (χ0) is 8.15. The first-order valence-corrected chi connectivity index (χ1v) is 4.26. The van der Waals surface area contributed by atoms with Crippen molar-refractivity contribution in [1.29, 1.82) is 0 Å². The SMILES string of the molecule is C/C=C(/C)C(CC)C(C)C. The van der Waals surface area contributed by atoms with Gasteiger partial charge in [-0.2, -0.15) is 0 Å². The first kappa shape index (κ1) is 9.74. The fourth-order valence-corrected chi connectivity index (χ4v) is 1.53. The molecule has 0 amide bonds. The maximum absolute atomic E-state index is 2.29. The summed E-state index contributed by atoms with van der Waals surface area (Å²) in [6.45, 7) is 11.2. The molecule has 0 nitrogen and oxygen atoms in total. The second kappa shape index (κ2) is 4.54. The van der Waals surface area contributed by atoms with Crippen molar-refractivity contribution in [1.82, 2.24) is 0 Å². The number of hydrogen-bond donors (Lipinski definition) is 0. The van der Waals surface area contributed by atoms with E-state index in [4.69, 9.17) is 0 Å². The smallest absolute Gasteiger partial charge is 0.0186 e. The Morgan fingerprint density at radius 1 is 1.40 bits per heavy atom. The highest BCUT2D eigenvalue weighted by atomic mass is 14.2. The minimum Gasteiger partial charge on any atom is -0.0884 e. The number of allylic oxidation sites excluding steroid dienone is 2. The van der Waals surface area contributed by atoms with Gasteiger partial charge in [0.2, 0.25) is 0 Å². The zero-order valence-corrected chi connectivity index (χ0v) is 7.94. The summed E-state index contributed by atoms with van der Waals surface area (Å²) < 4.78 is 0. The van der Waals surface area contributed by atoms with Crippen LogP contribution < -0.4 is 0 Å². The molecule has 0 aromatic carbocycles. The van der Waals surface area contributed by atoms with Gasteiger partial charge in [-0.25, -0.2) is 0 Å². The van der Waals surface area contributed by atoms with E-state index >= 15 is 0 Å². The molecule has 0 radical (unpaired) electrons. The third kappa shape index (κ3) is 2.55. The van der Waals surface area contributed by atoms with Gasteiger partial charge >= 0.3 is 0 Å². The van der Waals surface area contributed by atoms with Crippen molar-refractivity contribution >= 4 is 0 Å². The fourth-order valence-electron chi connectivity index (χ4n) is 1.53. The first-order chi connectivity index (χ1) is 4.63. The van der Waals surface area contributed by atoms with E-state index in [1.165, 1.54) is 12.0 Å². The van der Waals surface area contributed by atoms with Crippen molar-refractivity contribution in [2.45, 2.75) is 41.0 Å². The molecule has 0 aliphatic rings. The molecule has 1 unspecified atom stereocenters. The van der Waals surface area contributed by atoms with Crippen LogP contribution in [0.4, 0.5) is 0 Å². The molecule has 0 aliphatic carbocycles. The largest absolute Gasteiger partial charge is 0.0884 e. The Bertz CT molecular complexity index is 109. The van der Waals surface area contributed by atoms with E-state index in [0.29, 0.717) is 0 Å². The van der Waals surface area contributed by atoms with Gasteiger partial charge in [-0.1, -0.05) is 32.4 Å². The molecule has 0 aromatic heterocycles. The predicted molar refractivity (Wildman–Crippen MR) is 48.1 cm³/mol. The summed E-state index contributed by atoms with van der Waals surface area (Å²) in [4.78, 5) is 0. The third-order valence-corrected chi connectivity index (χ3v) is 2.28. The average molecular weight is 140 g/mol. The Labute approximate surface area is 65.3 Å². The highest BCUT2D eigenvalue weighted by Crippen LogP contribution is 2.22. The van der Waals surface area contributed by atoms with Gasteiger partial charge in [0.05, 0.1) is 0 Å². The summed E-state index contributed by atoms with van der Waals surface area (Å²) in [5.74, 6) is 1.59. The summed E-state index contributed by atoms with van der Waals surface area (Å²) in [5, 5.41) is 0. The van der Waals surface area contributed by atoms with E-state index in [2.05, 4.69) is 40.7 Å². The first-order valence-electron chi connectivity index (χ1n) is 4.26. The Balaban J connectivity index is 4.07. The molecule has 0 bridgehead atoms. The van der Waals surface area contributed by atoms with Gasteiger partial charge < -0.3 is 0 Å². The minimum absolute atomic E-state index is 0.793. The van der Waals surface area contributed by atoms with Crippen LogP contribution >= 0.6 is 0 Å². The molecule has 60 valence electrons. The lowest BCUT2D eigenvalue weighted by Crippen LogP contribution is -2.08. The Morgan fingerprint density at radius 3 is 2.00 bits per heavy atom. The van der Waals surface area contributed by atoms with Crippen LogP contribution in [0.25, 0.3) is 0 Å². The average Bonchev–Trinajstić information content (AvgIpc) is 1.88. The fraction of sp³-hybridized carbons (Fsp3) is 0.800. The zero-order valence-electron chi connectivity index (χ0n) is 7.94. The van der Waals surface area contributed by atoms with Gasteiger partial charge in [-0.3, -0.25) is 0 Å². The molecule has 0 spiro atoms. The van der Waals surface area contributed by atoms with E-state index < -0.39 is 0 Å². The molecule has 0 saturated carbocycles. The standard InChI is InChI=1S/C10H20/c1-6-9(5)10(7-2)8(3)4/h6,8,10H,7H2,1-5H3/b9-6-. The van der Waals surface area contributed by atoms with Gasteiger partial charge in [-0.15, -0.1) is 0 Å². The quantitative estimate of drug-likeness (QED) is 0.525. The van der Waals surface area contributed by atoms with Gasteiger partial charge in [0, 0.05) is 0 Å². The van der Waals surface area contributed by atoms with E-state index in [9.17, 15) is 0 Å². The van der Waals surface area contributed by atoms with Crippen LogP contribution in [0.3, 0.4) is 0 Å². The molecule has 0 saturated heterocycles. The summed E-state index contributed by atoms with van der Waals surface area (Å²) >= 11 is 0. The highest BCUT2D eigenvalue weighted by Gasteiger charge is 2.11. The molecule has 0 N–H and O–H groups in total. The molecular weight excluding hydrogens is 120 g/mol. The molecule has 0 heteroatoms. The summed E-state index contributed by atoms with van der Waals surface area (Å²) in [5.41, 5.74) is 1.54. The summed E-state index contributed by atoms with van der Waals surface area (Å²) in [6, 6.07) is 0. The molecular formula is C10H20. The maximum atomic E-state index is 2.29. The molecule has 0 heterocycles. The lowest BCUT2D eigenvalue weighted by atomic mass is 9.87. The van der Waals surface area contributed by atoms with Crippen molar-refractivity contribution in [3.63, 3.8) is 0 Å². The second-order valence-electron chi connectivity index (χ2n) is 3.29. The molecule has 1 atom stereocenters. The third-order valence-electron chi connectivity index (χ3n) is 2.28. The van der Waals surface area contributed by atoms with Gasteiger partial charge in [0.15, 0.2) is 0 Å². The molecule has 0 aromatic rings. The molecule has 0 rings (SSSR count). The van der Waals surface area contributed by atoms with Crippen LogP contribution in [0.2, 0.25) is 0 Å². The van der Waals surface area contributed by atoms with Gasteiger partial charge in [0.1, 0.15) is 0 Å². The summed E-state index contributed by atoms with van der Waals surface area (Å²) in [7, 11) is 0. The van der Waals surface area contributed by atoms with Crippen molar-refractivity contribution in [2.75, 3.05) is 0 Å². The van der Waals surface area contributed by atoms with Crippen LogP contribution in [0, 0.1) is 11.8 Å². The highest BCUT2D eigenvalue weighted by molar-refractivity contribution is 5.02. The van der Waals surface area contributed by atoms with Gasteiger partial charge in [-0.05, 0) is 32.1 Å². The molecule has 0 fully saturated rings. The van der Waals surface area contributed by atoms with E-state index in [-0.39, 0.29) is 0 Å². The number of rotatable bonds is 3. The second-order valence-corrected chi connectivity index (χ2v) is 3.29. The van der Waals surface area contributed by atoms with Crippen molar-refractivity contribution in [3.05, 3.63) is 11.6 Å². The van der Waals surface area contributed by atoms with Crippen molar-refractivity contribution < 1.29 is 0 Å². The maximum Gasteiger partial charge on any atom is -0.0186 e. The van der Waals surface area contributed by atoms with Crippen LogP contribution in [0.15, 0.2) is 11.6 Å². The lowest BCUT2D eigenvalue weighted by molar-refractivity contribution is 0.430. The lowest BCUT2D eigenvalue weighted by Gasteiger charge is -2.19. The van der Waals surface area contributed by atoms with Crippen LogP contribution in [0.1, 0.15) is 41.0 Å². The minimum atomic E-state index is 0.793. The summed E-state index contributed by atoms with van der Waals surface area (Å²) in [6.07, 6.45) is 3.50.